The molecule has 1 aliphatic heterocycles. The second-order valence-corrected chi connectivity index (χ2v) is 5.39. The van der Waals surface area contributed by atoms with Crippen LogP contribution in [-0.2, 0) is 16.0 Å². The second kappa shape index (κ2) is 4.16. The van der Waals surface area contributed by atoms with Crippen LogP contribution >= 0.6 is 0 Å². The van der Waals surface area contributed by atoms with Crippen molar-refractivity contribution >= 4 is 28.5 Å². The van der Waals surface area contributed by atoms with E-state index in [-0.39, 0.29) is 11.7 Å². The Bertz CT molecular complexity index is 833. The number of likely N-dealkylation sites (N-methyl/N-ethyl adjacent to an activating group) is 1. The van der Waals surface area contributed by atoms with E-state index in [0.717, 1.165) is 22.4 Å². The lowest BCUT2D eigenvalue weighted by molar-refractivity contribution is -0.114. The van der Waals surface area contributed by atoms with Crippen molar-refractivity contribution in [1.82, 2.24) is 0 Å². The molecule has 1 heterocycles. The first-order chi connectivity index (χ1) is 10.2. The molecule has 0 N–H and O–H groups in total. The number of nitrogens with zero attached hydrogens (tertiary/aromatic N) is 1. The van der Waals surface area contributed by atoms with Gasteiger partial charge >= 0.3 is 0 Å². The predicted octanol–water partition coefficient (Wildman–Crippen LogP) is 2.70. The molecule has 3 heteroatoms. The van der Waals surface area contributed by atoms with Gasteiger partial charge in [0.05, 0.1) is 11.3 Å². The van der Waals surface area contributed by atoms with E-state index in [2.05, 4.69) is 0 Å². The minimum atomic E-state index is -0.101. The minimum absolute atomic E-state index is 0.0321. The average molecular weight is 275 g/mol. The Morgan fingerprint density at radius 3 is 2.33 bits per heavy atom. The molecule has 1 amide bonds. The monoisotopic (exact) mass is 275 g/mol. The van der Waals surface area contributed by atoms with Crippen molar-refractivity contribution in [3.8, 4) is 0 Å². The normalized spacial score (nSPS) is 20.0. The van der Waals surface area contributed by atoms with Crippen LogP contribution in [0.25, 0.3) is 11.1 Å². The van der Waals surface area contributed by atoms with Gasteiger partial charge in [0.15, 0.2) is 5.78 Å². The number of rotatable bonds is 0. The van der Waals surface area contributed by atoms with Crippen molar-refractivity contribution in [1.29, 1.82) is 0 Å². The van der Waals surface area contributed by atoms with Gasteiger partial charge in [-0.25, -0.2) is 0 Å². The number of amides is 1. The molecule has 0 radical (unpaired) electrons. The fourth-order valence-corrected chi connectivity index (χ4v) is 3.22. The molecule has 2 aromatic carbocycles. The first-order valence-electron chi connectivity index (χ1n) is 6.91. The van der Waals surface area contributed by atoms with Crippen LogP contribution in [0.5, 0.6) is 0 Å². The summed E-state index contributed by atoms with van der Waals surface area (Å²) in [7, 11) is 1.75. The summed E-state index contributed by atoms with van der Waals surface area (Å²) in [5.41, 5.74) is 4.74. The Labute approximate surface area is 122 Å². The maximum absolute atomic E-state index is 12.6. The lowest BCUT2D eigenvalue weighted by Gasteiger charge is -2.08. The van der Waals surface area contributed by atoms with Gasteiger partial charge in [-0.05, 0) is 17.2 Å². The van der Waals surface area contributed by atoms with Gasteiger partial charge in [0, 0.05) is 24.6 Å². The van der Waals surface area contributed by atoms with Crippen molar-refractivity contribution in [3.63, 3.8) is 0 Å². The molecule has 0 spiro atoms. The summed E-state index contributed by atoms with van der Waals surface area (Å²) < 4.78 is 0. The van der Waals surface area contributed by atoms with Crippen molar-refractivity contribution < 1.29 is 9.59 Å². The van der Waals surface area contributed by atoms with Crippen molar-refractivity contribution in [2.75, 3.05) is 11.9 Å². The molecule has 2 aliphatic rings. The number of anilines is 1. The number of fused-ring (bicyclic) bond motifs is 2. The summed E-state index contributed by atoms with van der Waals surface area (Å²) in [6.45, 7) is 0. The Morgan fingerprint density at radius 1 is 0.857 bits per heavy atom. The van der Waals surface area contributed by atoms with Crippen LogP contribution in [0.2, 0.25) is 0 Å². The smallest absolute Gasteiger partial charge is 0.259 e. The molecule has 4 rings (SSSR count). The number of carbonyl (C=O) groups is 2. The number of para-hydroxylation sites is 1. The molecule has 0 aromatic heterocycles. The van der Waals surface area contributed by atoms with E-state index >= 15 is 0 Å². The lowest BCUT2D eigenvalue weighted by atomic mass is 9.96. The molecule has 0 saturated heterocycles. The molecule has 3 nitrogen and oxygen atoms in total. The molecule has 0 unspecified atom stereocenters. The van der Waals surface area contributed by atoms with Crippen LogP contribution in [0.1, 0.15) is 16.7 Å². The van der Waals surface area contributed by atoms with Crippen molar-refractivity contribution in [2.24, 2.45) is 0 Å². The molecule has 2 aromatic rings. The van der Waals surface area contributed by atoms with Gasteiger partial charge in [-0.15, -0.1) is 0 Å². The molecular weight excluding hydrogens is 262 g/mol. The molecule has 0 bridgehead atoms. The van der Waals surface area contributed by atoms with Crippen LogP contribution in [-0.4, -0.2) is 18.7 Å². The summed E-state index contributed by atoms with van der Waals surface area (Å²) >= 11 is 0. The van der Waals surface area contributed by atoms with Crippen molar-refractivity contribution in [2.45, 2.75) is 6.42 Å². The number of hydrogen-bond acceptors (Lipinski definition) is 2. The van der Waals surface area contributed by atoms with E-state index in [9.17, 15) is 9.59 Å². The van der Waals surface area contributed by atoms with Crippen LogP contribution in [0.3, 0.4) is 0 Å². The third kappa shape index (κ3) is 1.54. The molecular formula is C18H13NO2. The van der Waals surface area contributed by atoms with Gasteiger partial charge in [0.25, 0.3) is 5.91 Å². The maximum Gasteiger partial charge on any atom is 0.259 e. The zero-order valence-corrected chi connectivity index (χ0v) is 11.6. The summed E-state index contributed by atoms with van der Waals surface area (Å²) in [4.78, 5) is 26.7. The molecule has 21 heavy (non-hydrogen) atoms. The standard InChI is InChI=1S/C18H13NO2/c1-19-14-9-5-4-8-13(14)17(18(19)21)16-12-7-3-2-6-11(12)10-15(16)20/h2-9H,10H2,1H3/b17-16+. The van der Waals surface area contributed by atoms with Crippen molar-refractivity contribution in [3.05, 3.63) is 65.2 Å². The van der Waals surface area contributed by atoms with Crippen LogP contribution in [0.15, 0.2) is 48.5 Å². The van der Waals surface area contributed by atoms with Gasteiger partial charge in [-0.1, -0.05) is 42.5 Å². The third-order valence-electron chi connectivity index (χ3n) is 4.22. The highest BCUT2D eigenvalue weighted by Gasteiger charge is 2.37. The highest BCUT2D eigenvalue weighted by Crippen LogP contribution is 2.43. The van der Waals surface area contributed by atoms with Gasteiger partial charge in [0.1, 0.15) is 0 Å². The number of benzene rings is 2. The summed E-state index contributed by atoms with van der Waals surface area (Å²) in [5, 5.41) is 0. The van der Waals surface area contributed by atoms with E-state index in [4.69, 9.17) is 0 Å². The van der Waals surface area contributed by atoms with Crippen LogP contribution in [0.4, 0.5) is 5.69 Å². The van der Waals surface area contributed by atoms with E-state index in [1.807, 2.05) is 48.5 Å². The molecule has 0 saturated carbocycles. The maximum atomic E-state index is 12.6. The fraction of sp³-hybridized carbons (Fsp3) is 0.111. The summed E-state index contributed by atoms with van der Waals surface area (Å²) in [5.74, 6) is -0.0686. The highest BCUT2D eigenvalue weighted by molar-refractivity contribution is 6.47. The Hall–Kier alpha value is -2.68. The van der Waals surface area contributed by atoms with E-state index in [1.165, 1.54) is 0 Å². The zero-order chi connectivity index (χ0) is 14.6. The third-order valence-corrected chi connectivity index (χ3v) is 4.22. The van der Waals surface area contributed by atoms with Gasteiger partial charge < -0.3 is 4.90 Å². The number of Topliss-reactive ketones (excluding diaryl/α,β-unsaturated/α-hetero) is 1. The quantitative estimate of drug-likeness (QED) is 0.693. The average Bonchev–Trinajstić information content (AvgIpc) is 2.95. The zero-order valence-electron chi connectivity index (χ0n) is 11.6. The Balaban J connectivity index is 2.06. The predicted molar refractivity (Wildman–Crippen MR) is 81.8 cm³/mol. The molecule has 102 valence electrons. The summed E-state index contributed by atoms with van der Waals surface area (Å²) in [6, 6.07) is 15.3. The highest BCUT2D eigenvalue weighted by atomic mass is 16.2. The topological polar surface area (TPSA) is 37.4 Å². The number of allylic oxidation sites excluding steroid dienone is 1. The lowest BCUT2D eigenvalue weighted by Crippen LogP contribution is -2.21. The second-order valence-electron chi connectivity index (χ2n) is 5.39. The molecule has 0 atom stereocenters. The van der Waals surface area contributed by atoms with Crippen LogP contribution in [0, 0.1) is 0 Å². The fourth-order valence-electron chi connectivity index (χ4n) is 3.22. The number of carbonyl (C=O) groups excluding carboxylic acids is 2. The van der Waals surface area contributed by atoms with Gasteiger partial charge in [0.2, 0.25) is 0 Å². The SMILES string of the molecule is CN1C(=O)/C(=C2/C(=O)Cc3ccccc32)c2ccccc21. The first kappa shape index (κ1) is 12.1. The molecule has 0 fully saturated rings. The van der Waals surface area contributed by atoms with Gasteiger partial charge in [-0.2, -0.15) is 0 Å². The number of hydrogen-bond donors (Lipinski definition) is 0. The van der Waals surface area contributed by atoms with E-state index in [1.54, 1.807) is 11.9 Å². The first-order valence-corrected chi connectivity index (χ1v) is 6.91. The van der Waals surface area contributed by atoms with Gasteiger partial charge in [-0.3, -0.25) is 9.59 Å². The van der Waals surface area contributed by atoms with Crippen LogP contribution < -0.4 is 4.90 Å². The number of ketones is 1. The summed E-state index contributed by atoms with van der Waals surface area (Å²) in [6.07, 6.45) is 0.383. The Morgan fingerprint density at radius 2 is 1.52 bits per heavy atom. The van der Waals surface area contributed by atoms with E-state index < -0.39 is 0 Å². The minimum Gasteiger partial charge on any atom is -0.311 e. The Kier molecular flexibility index (Phi) is 2.39. The molecule has 1 aliphatic carbocycles. The van der Waals surface area contributed by atoms with E-state index in [0.29, 0.717) is 17.6 Å². The largest absolute Gasteiger partial charge is 0.311 e.